The number of nitrogens with zero attached hydrogens (tertiary/aromatic N) is 1. The van der Waals surface area contributed by atoms with E-state index in [-0.39, 0.29) is 17.0 Å². The molecule has 2 aliphatic rings. The van der Waals surface area contributed by atoms with E-state index in [9.17, 15) is 9.59 Å². The molecule has 27 heavy (non-hydrogen) atoms. The van der Waals surface area contributed by atoms with Gasteiger partial charge in [0.15, 0.2) is 11.6 Å². The second-order valence-corrected chi connectivity index (χ2v) is 8.70. The Hall–Kier alpha value is -2.42. The maximum atomic E-state index is 13.0. The second kappa shape index (κ2) is 6.95. The van der Waals surface area contributed by atoms with Gasteiger partial charge >= 0.3 is 0 Å². The maximum Gasteiger partial charge on any atom is 0.168 e. The molecule has 1 aliphatic carbocycles. The normalized spacial score (nSPS) is 19.8. The molecular formula is C24H27NO2. The number of fused-ring (bicyclic) bond motifs is 1. The third-order valence-corrected chi connectivity index (χ3v) is 5.85. The van der Waals surface area contributed by atoms with E-state index in [1.165, 1.54) is 16.3 Å². The van der Waals surface area contributed by atoms with Gasteiger partial charge in [-0.15, -0.1) is 0 Å². The molecular weight excluding hydrogens is 334 g/mol. The van der Waals surface area contributed by atoms with Crippen LogP contribution in [0.1, 0.15) is 45.1 Å². The summed E-state index contributed by atoms with van der Waals surface area (Å²) < 4.78 is 0. The van der Waals surface area contributed by atoms with E-state index >= 15 is 0 Å². The zero-order valence-electron chi connectivity index (χ0n) is 16.3. The summed E-state index contributed by atoms with van der Waals surface area (Å²) >= 11 is 0. The van der Waals surface area contributed by atoms with Gasteiger partial charge in [-0.3, -0.25) is 9.59 Å². The lowest BCUT2D eigenvalue weighted by Crippen LogP contribution is -2.35. The Morgan fingerprint density at radius 3 is 2.26 bits per heavy atom. The molecule has 2 aromatic rings. The number of ketones is 2. The SMILES string of the molecule is CC1(C)CC(=O)C(=C(Cc2cccc3ccccc23)N2CCCC2)C(=O)C1. The third-order valence-electron chi connectivity index (χ3n) is 5.85. The number of hydrogen-bond donors (Lipinski definition) is 0. The first-order chi connectivity index (χ1) is 12.9. The Labute approximate surface area is 161 Å². The Balaban J connectivity index is 1.80. The summed E-state index contributed by atoms with van der Waals surface area (Å²) in [6.07, 6.45) is 3.82. The summed E-state index contributed by atoms with van der Waals surface area (Å²) in [5.74, 6) is 0.0526. The lowest BCUT2D eigenvalue weighted by Gasteiger charge is -2.32. The van der Waals surface area contributed by atoms with Gasteiger partial charge in [0.2, 0.25) is 0 Å². The van der Waals surface area contributed by atoms with E-state index in [1.54, 1.807) is 0 Å². The van der Waals surface area contributed by atoms with Crippen LogP contribution in [0, 0.1) is 5.41 Å². The van der Waals surface area contributed by atoms with Crippen LogP contribution in [0.4, 0.5) is 0 Å². The van der Waals surface area contributed by atoms with Gasteiger partial charge in [0.1, 0.15) is 0 Å². The molecule has 0 spiro atoms. The number of benzene rings is 2. The predicted molar refractivity (Wildman–Crippen MR) is 109 cm³/mol. The van der Waals surface area contributed by atoms with Crippen molar-refractivity contribution in [3.8, 4) is 0 Å². The van der Waals surface area contributed by atoms with Crippen LogP contribution in [-0.2, 0) is 16.0 Å². The fourth-order valence-corrected chi connectivity index (χ4v) is 4.56. The number of likely N-dealkylation sites (tertiary alicyclic amines) is 1. The summed E-state index contributed by atoms with van der Waals surface area (Å²) in [7, 11) is 0. The minimum atomic E-state index is -0.229. The van der Waals surface area contributed by atoms with Crippen LogP contribution in [0.2, 0.25) is 0 Å². The highest BCUT2D eigenvalue weighted by Crippen LogP contribution is 2.37. The summed E-state index contributed by atoms with van der Waals surface area (Å²) in [6.45, 7) is 5.90. The molecule has 0 unspecified atom stereocenters. The van der Waals surface area contributed by atoms with Crippen molar-refractivity contribution in [2.45, 2.75) is 46.0 Å². The first-order valence-corrected chi connectivity index (χ1v) is 9.96. The van der Waals surface area contributed by atoms with Gasteiger partial charge in [-0.2, -0.15) is 0 Å². The first kappa shape index (κ1) is 18.0. The van der Waals surface area contributed by atoms with Crippen LogP contribution in [0.5, 0.6) is 0 Å². The maximum absolute atomic E-state index is 13.0. The van der Waals surface area contributed by atoms with Crippen molar-refractivity contribution in [1.29, 1.82) is 0 Å². The highest BCUT2D eigenvalue weighted by atomic mass is 16.2. The van der Waals surface area contributed by atoms with Crippen molar-refractivity contribution in [2.24, 2.45) is 5.41 Å². The Kier molecular flexibility index (Phi) is 4.63. The molecule has 140 valence electrons. The van der Waals surface area contributed by atoms with Gasteiger partial charge in [-0.25, -0.2) is 0 Å². The van der Waals surface area contributed by atoms with Crippen molar-refractivity contribution in [3.63, 3.8) is 0 Å². The molecule has 3 nitrogen and oxygen atoms in total. The first-order valence-electron chi connectivity index (χ1n) is 9.96. The number of Topliss-reactive ketones (excluding diaryl/α,β-unsaturated/α-hetero) is 2. The van der Waals surface area contributed by atoms with E-state index in [2.05, 4.69) is 35.2 Å². The largest absolute Gasteiger partial charge is 0.374 e. The average molecular weight is 361 g/mol. The molecule has 0 bridgehead atoms. The molecule has 0 aromatic heterocycles. The topological polar surface area (TPSA) is 37.4 Å². The quantitative estimate of drug-likeness (QED) is 0.588. The summed E-state index contributed by atoms with van der Waals surface area (Å²) in [6, 6.07) is 14.6. The highest BCUT2D eigenvalue weighted by Gasteiger charge is 2.38. The Morgan fingerprint density at radius 1 is 0.926 bits per heavy atom. The molecule has 4 rings (SSSR count). The molecule has 0 radical (unpaired) electrons. The highest BCUT2D eigenvalue weighted by molar-refractivity contribution is 6.22. The fourth-order valence-electron chi connectivity index (χ4n) is 4.56. The molecule has 1 saturated heterocycles. The molecule has 0 amide bonds. The third kappa shape index (κ3) is 3.55. The number of carbonyl (C=O) groups excluding carboxylic acids is 2. The van der Waals surface area contributed by atoms with E-state index in [4.69, 9.17) is 0 Å². The number of allylic oxidation sites excluding steroid dienone is 2. The minimum Gasteiger partial charge on any atom is -0.374 e. The average Bonchev–Trinajstić information content (AvgIpc) is 3.14. The van der Waals surface area contributed by atoms with E-state index in [0.29, 0.717) is 24.8 Å². The number of rotatable bonds is 3. The Morgan fingerprint density at radius 2 is 1.56 bits per heavy atom. The van der Waals surface area contributed by atoms with Crippen LogP contribution in [0.3, 0.4) is 0 Å². The molecule has 1 aliphatic heterocycles. The van der Waals surface area contributed by atoms with E-state index in [1.807, 2.05) is 26.0 Å². The molecule has 2 aromatic carbocycles. The second-order valence-electron chi connectivity index (χ2n) is 8.70. The van der Waals surface area contributed by atoms with Crippen molar-refractivity contribution in [1.82, 2.24) is 4.90 Å². The lowest BCUT2D eigenvalue weighted by atomic mass is 9.73. The van der Waals surface area contributed by atoms with Gasteiger partial charge in [-0.05, 0) is 34.6 Å². The number of carbonyl (C=O) groups is 2. The van der Waals surface area contributed by atoms with Crippen molar-refractivity contribution < 1.29 is 9.59 Å². The summed E-state index contributed by atoms with van der Waals surface area (Å²) in [5.41, 5.74) is 2.39. The van der Waals surface area contributed by atoms with Crippen molar-refractivity contribution >= 4 is 22.3 Å². The standard InChI is InChI=1S/C24H27NO2/c1-24(2)15-21(26)23(22(27)16-24)20(25-12-5-6-13-25)14-18-10-7-9-17-8-3-4-11-19(17)18/h3-4,7-11H,5-6,12-16H2,1-2H3. The van der Waals surface area contributed by atoms with Gasteiger partial charge in [0.25, 0.3) is 0 Å². The lowest BCUT2D eigenvalue weighted by molar-refractivity contribution is -0.127. The van der Waals surface area contributed by atoms with Gasteiger partial charge in [0, 0.05) is 38.0 Å². The van der Waals surface area contributed by atoms with Crippen molar-refractivity contribution in [2.75, 3.05) is 13.1 Å². The molecule has 0 atom stereocenters. The van der Waals surface area contributed by atoms with E-state index < -0.39 is 0 Å². The smallest absolute Gasteiger partial charge is 0.168 e. The predicted octanol–water partition coefficient (Wildman–Crippen LogP) is 4.69. The molecule has 1 heterocycles. The number of hydrogen-bond acceptors (Lipinski definition) is 3. The van der Waals surface area contributed by atoms with Crippen LogP contribution >= 0.6 is 0 Å². The summed E-state index contributed by atoms with van der Waals surface area (Å²) in [5, 5.41) is 2.40. The molecule has 2 fully saturated rings. The molecule has 0 N–H and O–H groups in total. The zero-order valence-corrected chi connectivity index (χ0v) is 16.3. The van der Waals surface area contributed by atoms with E-state index in [0.717, 1.165) is 31.6 Å². The fraction of sp³-hybridized carbons (Fsp3) is 0.417. The van der Waals surface area contributed by atoms with Crippen LogP contribution < -0.4 is 0 Å². The molecule has 1 saturated carbocycles. The van der Waals surface area contributed by atoms with Gasteiger partial charge in [0.05, 0.1) is 5.57 Å². The van der Waals surface area contributed by atoms with Crippen molar-refractivity contribution in [3.05, 3.63) is 59.3 Å². The summed E-state index contributed by atoms with van der Waals surface area (Å²) in [4.78, 5) is 28.2. The zero-order chi connectivity index (χ0) is 19.0. The van der Waals surface area contributed by atoms with Crippen LogP contribution in [0.15, 0.2) is 53.7 Å². The monoisotopic (exact) mass is 361 g/mol. The molecule has 3 heteroatoms. The van der Waals surface area contributed by atoms with Gasteiger partial charge in [-0.1, -0.05) is 56.3 Å². The van der Waals surface area contributed by atoms with Gasteiger partial charge < -0.3 is 4.90 Å². The minimum absolute atomic E-state index is 0.0263. The van der Waals surface area contributed by atoms with Crippen LogP contribution in [0.25, 0.3) is 10.8 Å². The van der Waals surface area contributed by atoms with Crippen LogP contribution in [-0.4, -0.2) is 29.6 Å². The Bertz CT molecular complexity index is 905.